The Labute approximate surface area is 165 Å². The number of rotatable bonds is 6. The molecule has 1 amide bonds. The van der Waals surface area contributed by atoms with E-state index in [1.807, 2.05) is 31.2 Å². The predicted octanol–water partition coefficient (Wildman–Crippen LogP) is 5.13. The van der Waals surface area contributed by atoms with E-state index in [4.69, 9.17) is 11.6 Å². The summed E-state index contributed by atoms with van der Waals surface area (Å²) in [6.07, 6.45) is 3.90. The summed E-state index contributed by atoms with van der Waals surface area (Å²) in [7, 11) is 0. The van der Waals surface area contributed by atoms with Crippen molar-refractivity contribution in [2.75, 3.05) is 18.0 Å². The minimum Gasteiger partial charge on any atom is -0.372 e. The predicted molar refractivity (Wildman–Crippen MR) is 111 cm³/mol. The molecule has 1 heterocycles. The van der Waals surface area contributed by atoms with Gasteiger partial charge in [0.25, 0.3) is 0 Å². The van der Waals surface area contributed by atoms with Crippen LogP contribution < -0.4 is 10.2 Å². The van der Waals surface area contributed by atoms with Crippen LogP contribution in [0.4, 0.5) is 5.69 Å². The summed E-state index contributed by atoms with van der Waals surface area (Å²) in [6, 6.07) is 16.1. The van der Waals surface area contributed by atoms with Crippen LogP contribution in [0.5, 0.6) is 0 Å². The van der Waals surface area contributed by atoms with Crippen molar-refractivity contribution in [2.24, 2.45) is 0 Å². The number of carbonyl (C=O) groups is 1. The van der Waals surface area contributed by atoms with Gasteiger partial charge in [-0.1, -0.05) is 23.7 Å². The molecule has 1 unspecified atom stereocenters. The smallest absolute Gasteiger partial charge is 0.233 e. The Balaban J connectivity index is 1.48. The van der Waals surface area contributed by atoms with Crippen molar-refractivity contribution < 1.29 is 4.79 Å². The molecule has 0 saturated carbocycles. The van der Waals surface area contributed by atoms with Crippen molar-refractivity contribution in [2.45, 2.75) is 42.9 Å². The Kier molecular flexibility index (Phi) is 6.86. The highest BCUT2D eigenvalue weighted by molar-refractivity contribution is 8.00. The molecular formula is C21H25ClN2OS. The maximum absolute atomic E-state index is 12.3. The van der Waals surface area contributed by atoms with Gasteiger partial charge in [-0.2, -0.15) is 0 Å². The highest BCUT2D eigenvalue weighted by atomic mass is 35.5. The van der Waals surface area contributed by atoms with E-state index in [1.165, 1.54) is 36.7 Å². The first-order chi connectivity index (χ1) is 12.6. The second-order valence-electron chi connectivity index (χ2n) is 6.65. The molecule has 5 heteroatoms. The van der Waals surface area contributed by atoms with E-state index < -0.39 is 0 Å². The van der Waals surface area contributed by atoms with Gasteiger partial charge < -0.3 is 10.2 Å². The number of amides is 1. The first-order valence-corrected chi connectivity index (χ1v) is 10.4. The Morgan fingerprint density at radius 3 is 2.38 bits per heavy atom. The molecule has 0 spiro atoms. The molecule has 2 aromatic carbocycles. The zero-order valence-electron chi connectivity index (χ0n) is 15.1. The number of carbonyl (C=O) groups excluding carboxylic acids is 1. The molecule has 1 fully saturated rings. The van der Waals surface area contributed by atoms with Crippen LogP contribution in [0.25, 0.3) is 0 Å². The summed E-state index contributed by atoms with van der Waals surface area (Å²) >= 11 is 7.44. The normalized spacial score (nSPS) is 15.5. The quantitative estimate of drug-likeness (QED) is 0.696. The Morgan fingerprint density at radius 1 is 1.08 bits per heavy atom. The summed E-state index contributed by atoms with van der Waals surface area (Å²) in [4.78, 5) is 15.8. The summed E-state index contributed by atoms with van der Waals surface area (Å²) < 4.78 is 0. The first-order valence-electron chi connectivity index (χ1n) is 9.15. The van der Waals surface area contributed by atoms with Crippen LogP contribution in [0.2, 0.25) is 5.02 Å². The van der Waals surface area contributed by atoms with Gasteiger partial charge in [-0.3, -0.25) is 4.79 Å². The maximum Gasteiger partial charge on any atom is 0.233 e. The van der Waals surface area contributed by atoms with Gasteiger partial charge in [-0.05, 0) is 68.1 Å². The fourth-order valence-electron chi connectivity index (χ4n) is 3.08. The van der Waals surface area contributed by atoms with Crippen molar-refractivity contribution in [1.29, 1.82) is 0 Å². The molecule has 26 heavy (non-hydrogen) atoms. The minimum atomic E-state index is -0.149. The monoisotopic (exact) mass is 388 g/mol. The second-order valence-corrected chi connectivity index (χ2v) is 8.50. The topological polar surface area (TPSA) is 32.3 Å². The lowest BCUT2D eigenvalue weighted by molar-refractivity contribution is -0.120. The molecule has 0 aliphatic carbocycles. The maximum atomic E-state index is 12.3. The molecule has 1 aliphatic heterocycles. The SMILES string of the molecule is CC(Sc1ccc(Cl)cc1)C(=O)NCc1ccc(N2CCCCC2)cc1. The largest absolute Gasteiger partial charge is 0.372 e. The van der Waals surface area contributed by atoms with Gasteiger partial charge in [0.15, 0.2) is 0 Å². The van der Waals surface area contributed by atoms with Crippen LogP contribution in [0.3, 0.4) is 0 Å². The number of thioether (sulfide) groups is 1. The van der Waals surface area contributed by atoms with Gasteiger partial charge in [0, 0.05) is 35.2 Å². The summed E-state index contributed by atoms with van der Waals surface area (Å²) in [5, 5.41) is 3.59. The van der Waals surface area contributed by atoms with Crippen LogP contribution in [-0.2, 0) is 11.3 Å². The second kappa shape index (κ2) is 9.33. The average Bonchev–Trinajstić information content (AvgIpc) is 2.69. The van der Waals surface area contributed by atoms with Crippen LogP contribution in [0.1, 0.15) is 31.7 Å². The summed E-state index contributed by atoms with van der Waals surface area (Å²) in [6.45, 7) is 4.78. The van der Waals surface area contributed by atoms with Gasteiger partial charge in [0.2, 0.25) is 5.91 Å². The molecule has 1 atom stereocenters. The number of anilines is 1. The third kappa shape index (κ3) is 5.42. The number of nitrogens with one attached hydrogen (secondary N) is 1. The molecule has 138 valence electrons. The van der Waals surface area contributed by atoms with E-state index in [-0.39, 0.29) is 11.2 Å². The molecule has 3 nitrogen and oxygen atoms in total. The van der Waals surface area contributed by atoms with E-state index in [0.29, 0.717) is 11.6 Å². The number of hydrogen-bond acceptors (Lipinski definition) is 3. The lowest BCUT2D eigenvalue weighted by Crippen LogP contribution is -2.30. The molecule has 0 bridgehead atoms. The highest BCUT2D eigenvalue weighted by Gasteiger charge is 2.14. The zero-order chi connectivity index (χ0) is 18.4. The van der Waals surface area contributed by atoms with Crippen LogP contribution >= 0.6 is 23.4 Å². The number of benzene rings is 2. The first kappa shape index (κ1) is 19.1. The van der Waals surface area contributed by atoms with Gasteiger partial charge in [0.1, 0.15) is 0 Å². The molecule has 2 aromatic rings. The minimum absolute atomic E-state index is 0.0463. The standard InChI is InChI=1S/C21H25ClN2OS/c1-16(26-20-11-7-18(22)8-12-20)21(25)23-15-17-5-9-19(10-6-17)24-13-3-2-4-14-24/h5-12,16H,2-4,13-15H2,1H3,(H,23,25). The van der Waals surface area contributed by atoms with Crippen LogP contribution in [-0.4, -0.2) is 24.2 Å². The van der Waals surface area contributed by atoms with Gasteiger partial charge >= 0.3 is 0 Å². The number of nitrogens with zero attached hydrogens (tertiary/aromatic N) is 1. The lowest BCUT2D eigenvalue weighted by atomic mass is 10.1. The summed E-state index contributed by atoms with van der Waals surface area (Å²) in [5.74, 6) is 0.0463. The molecule has 1 aliphatic rings. The third-order valence-corrected chi connectivity index (χ3v) is 5.98. The Hall–Kier alpha value is -1.65. The Morgan fingerprint density at radius 2 is 1.73 bits per heavy atom. The Bertz CT molecular complexity index is 712. The summed E-state index contributed by atoms with van der Waals surface area (Å²) in [5.41, 5.74) is 2.41. The zero-order valence-corrected chi connectivity index (χ0v) is 16.7. The van der Waals surface area contributed by atoms with Gasteiger partial charge in [0.05, 0.1) is 5.25 Å². The van der Waals surface area contributed by atoms with Crippen LogP contribution in [0, 0.1) is 0 Å². The van der Waals surface area contributed by atoms with Crippen molar-refractivity contribution in [3.8, 4) is 0 Å². The fourth-order valence-corrected chi connectivity index (χ4v) is 4.10. The molecule has 0 aromatic heterocycles. The van der Waals surface area contributed by atoms with E-state index in [9.17, 15) is 4.79 Å². The van der Waals surface area contributed by atoms with Crippen molar-refractivity contribution in [3.05, 3.63) is 59.1 Å². The van der Waals surface area contributed by atoms with Crippen molar-refractivity contribution >= 4 is 35.0 Å². The van der Waals surface area contributed by atoms with E-state index in [0.717, 1.165) is 23.5 Å². The van der Waals surface area contributed by atoms with E-state index in [1.54, 1.807) is 0 Å². The van der Waals surface area contributed by atoms with Gasteiger partial charge in [-0.15, -0.1) is 11.8 Å². The third-order valence-electron chi connectivity index (χ3n) is 4.62. The average molecular weight is 389 g/mol. The molecule has 3 rings (SSSR count). The number of hydrogen-bond donors (Lipinski definition) is 1. The van der Waals surface area contributed by atoms with Crippen molar-refractivity contribution in [3.63, 3.8) is 0 Å². The van der Waals surface area contributed by atoms with Crippen LogP contribution in [0.15, 0.2) is 53.4 Å². The number of piperidine rings is 1. The van der Waals surface area contributed by atoms with E-state index >= 15 is 0 Å². The van der Waals surface area contributed by atoms with Gasteiger partial charge in [-0.25, -0.2) is 0 Å². The fraction of sp³-hybridized carbons (Fsp3) is 0.381. The number of halogens is 1. The molecule has 1 saturated heterocycles. The lowest BCUT2D eigenvalue weighted by Gasteiger charge is -2.28. The molecule has 0 radical (unpaired) electrons. The van der Waals surface area contributed by atoms with Crippen molar-refractivity contribution in [1.82, 2.24) is 5.32 Å². The molecule has 1 N–H and O–H groups in total. The molecular weight excluding hydrogens is 364 g/mol. The van der Waals surface area contributed by atoms with E-state index in [2.05, 4.69) is 34.5 Å². The highest BCUT2D eigenvalue weighted by Crippen LogP contribution is 2.25.